The molecule has 11 heteroatoms. The summed E-state index contributed by atoms with van der Waals surface area (Å²) in [5.41, 5.74) is 10.9. The van der Waals surface area contributed by atoms with Crippen LogP contribution >= 0.6 is 7.60 Å². The fourth-order valence-electron chi connectivity index (χ4n) is 1.13. The van der Waals surface area contributed by atoms with Gasteiger partial charge < -0.3 is 30.7 Å². The summed E-state index contributed by atoms with van der Waals surface area (Å²) in [5.74, 6) is -0.115. The van der Waals surface area contributed by atoms with E-state index in [0.717, 1.165) is 0 Å². The monoisotopic (exact) mass is 296 g/mol. The highest BCUT2D eigenvalue weighted by Crippen LogP contribution is 2.34. The maximum Gasteiger partial charge on any atom is 0.350 e. The maximum absolute atomic E-state index is 10.6. The van der Waals surface area contributed by atoms with Crippen LogP contribution in [-0.2, 0) is 14.0 Å². The molecule has 1 heterocycles. The quantitative estimate of drug-likeness (QED) is 0.374. The van der Waals surface area contributed by atoms with Crippen molar-refractivity contribution in [2.75, 3.05) is 13.0 Å². The number of ether oxygens (including phenoxy) is 2. The molecule has 10 nitrogen and oxygen atoms in total. The lowest BCUT2D eigenvalue weighted by atomic mass is 10.4. The molecule has 0 saturated heterocycles. The minimum absolute atomic E-state index is 0.000756. The van der Waals surface area contributed by atoms with Crippen LogP contribution in [0.25, 0.3) is 0 Å². The molecule has 1 aliphatic rings. The van der Waals surface area contributed by atoms with Crippen molar-refractivity contribution < 1.29 is 29.0 Å². The Morgan fingerprint density at radius 2 is 2.26 bits per heavy atom. The van der Waals surface area contributed by atoms with E-state index >= 15 is 0 Å². The van der Waals surface area contributed by atoms with E-state index in [1.807, 2.05) is 0 Å². The predicted octanol–water partition coefficient (Wildman–Crippen LogP) is -1.31. The second kappa shape index (κ2) is 6.33. The topological polar surface area (TPSA) is 164 Å². The van der Waals surface area contributed by atoms with Gasteiger partial charge in [0.15, 0.2) is 0 Å². The van der Waals surface area contributed by atoms with E-state index < -0.39 is 26.2 Å². The van der Waals surface area contributed by atoms with Crippen LogP contribution in [0.5, 0.6) is 0 Å². The zero-order chi connectivity index (χ0) is 14.6. The van der Waals surface area contributed by atoms with Crippen molar-refractivity contribution in [3.05, 3.63) is 12.0 Å². The van der Waals surface area contributed by atoms with Gasteiger partial charge in [-0.2, -0.15) is 4.99 Å². The lowest BCUT2D eigenvalue weighted by Gasteiger charge is -2.25. The number of nitrogens with two attached hydrogens (primary N) is 2. The zero-order valence-electron chi connectivity index (χ0n) is 10.2. The van der Waals surface area contributed by atoms with Crippen LogP contribution < -0.4 is 11.5 Å². The molecule has 0 aromatic carbocycles. The van der Waals surface area contributed by atoms with Crippen LogP contribution in [0, 0.1) is 0 Å². The summed E-state index contributed by atoms with van der Waals surface area (Å²) in [4.78, 5) is 21.0. The van der Waals surface area contributed by atoms with Gasteiger partial charge in [0, 0.05) is 6.08 Å². The van der Waals surface area contributed by atoms with Crippen LogP contribution in [0.1, 0.15) is 6.92 Å². The maximum atomic E-state index is 10.6. The summed E-state index contributed by atoms with van der Waals surface area (Å²) in [6, 6.07) is 0. The fourth-order valence-corrected chi connectivity index (χ4v) is 1.58. The number of aliphatic imine (C=N–C) groups is 1. The minimum Gasteiger partial charge on any atom is -0.475 e. The number of guanidine groups is 1. The molecule has 0 aromatic heterocycles. The van der Waals surface area contributed by atoms with E-state index in [2.05, 4.69) is 4.99 Å². The van der Waals surface area contributed by atoms with Crippen LogP contribution in [0.15, 0.2) is 17.0 Å². The molecule has 1 unspecified atom stereocenters. The van der Waals surface area contributed by atoms with Gasteiger partial charge in [-0.25, -0.2) is 5.06 Å². The molecule has 1 aliphatic heterocycles. The van der Waals surface area contributed by atoms with Gasteiger partial charge in [0.1, 0.15) is 19.1 Å². The van der Waals surface area contributed by atoms with Gasteiger partial charge >= 0.3 is 7.60 Å². The largest absolute Gasteiger partial charge is 0.475 e. The van der Waals surface area contributed by atoms with E-state index in [9.17, 15) is 9.77 Å². The van der Waals surface area contributed by atoms with Crippen molar-refractivity contribution in [2.45, 2.75) is 19.2 Å². The van der Waals surface area contributed by atoms with Crippen molar-refractivity contribution >= 4 is 13.6 Å². The Morgan fingerprint density at radius 3 is 2.79 bits per heavy atom. The predicted molar refractivity (Wildman–Crippen MR) is 64.7 cm³/mol. The van der Waals surface area contributed by atoms with E-state index in [4.69, 9.17) is 30.7 Å². The molecule has 1 rings (SSSR count). The Bertz CT molecular complexity index is 421. The Morgan fingerprint density at radius 1 is 1.63 bits per heavy atom. The van der Waals surface area contributed by atoms with Gasteiger partial charge in [-0.1, -0.05) is 0 Å². The van der Waals surface area contributed by atoms with Gasteiger partial charge in [0.05, 0.1) is 6.10 Å². The van der Waals surface area contributed by atoms with Crippen molar-refractivity contribution in [3.8, 4) is 0 Å². The van der Waals surface area contributed by atoms with Crippen LogP contribution in [0.3, 0.4) is 0 Å². The van der Waals surface area contributed by atoms with Crippen LogP contribution in [0.4, 0.5) is 0 Å². The third kappa shape index (κ3) is 5.55. The van der Waals surface area contributed by atoms with Gasteiger partial charge in [0.25, 0.3) is 0 Å². The summed E-state index contributed by atoms with van der Waals surface area (Å²) < 4.78 is 20.7. The first-order valence-corrected chi connectivity index (χ1v) is 7.07. The third-order valence-electron chi connectivity index (χ3n) is 2.05. The molecular formula is C8H17N4O6P. The van der Waals surface area contributed by atoms with E-state index in [0.29, 0.717) is 5.06 Å². The molecule has 0 spiro atoms. The van der Waals surface area contributed by atoms with E-state index in [-0.39, 0.29) is 18.4 Å². The summed E-state index contributed by atoms with van der Waals surface area (Å²) in [6.45, 7) is 1.57. The molecule has 0 aliphatic carbocycles. The molecule has 2 atom stereocenters. The van der Waals surface area contributed by atoms with E-state index in [1.54, 1.807) is 6.92 Å². The van der Waals surface area contributed by atoms with Crippen molar-refractivity contribution in [2.24, 2.45) is 16.5 Å². The second-order valence-corrected chi connectivity index (χ2v) is 5.48. The van der Waals surface area contributed by atoms with Gasteiger partial charge in [-0.3, -0.25) is 9.77 Å². The molecule has 19 heavy (non-hydrogen) atoms. The summed E-state index contributed by atoms with van der Waals surface area (Å²) in [7, 11) is -4.20. The smallest absolute Gasteiger partial charge is 0.350 e. The lowest BCUT2D eigenvalue weighted by Crippen LogP contribution is -2.48. The summed E-state index contributed by atoms with van der Waals surface area (Å²) >= 11 is 0. The fraction of sp³-hybridized carbons (Fsp3) is 0.625. The Kier molecular flexibility index (Phi) is 5.29. The summed E-state index contributed by atoms with van der Waals surface area (Å²) in [5, 5.41) is 9.83. The second-order valence-electron chi connectivity index (χ2n) is 3.89. The van der Waals surface area contributed by atoms with Crippen molar-refractivity contribution in [1.82, 2.24) is 5.06 Å². The van der Waals surface area contributed by atoms with Crippen molar-refractivity contribution in [3.63, 3.8) is 0 Å². The average molecular weight is 296 g/mol. The molecule has 110 valence electrons. The standard InChI is InChI=1S/C8H17N4O6P/c1-5(18-4-19(14,15)16)3-17-7-2-6(9)12(13)8(10)11-7/h2,5-6,13H,3-4,9H2,1H3,(H2,10,11)(H2,14,15,16)/t5-,6?/m1/s1. The molecule has 0 aromatic rings. The highest BCUT2D eigenvalue weighted by atomic mass is 31.2. The number of hydroxylamine groups is 2. The minimum atomic E-state index is -4.20. The SMILES string of the molecule is C[C@H](COC1=CC(N)N(O)C(N)=N1)OCP(=O)(O)O. The van der Waals surface area contributed by atoms with Crippen LogP contribution in [-0.4, -0.2) is 51.2 Å². The highest BCUT2D eigenvalue weighted by Gasteiger charge is 2.20. The highest BCUT2D eigenvalue weighted by molar-refractivity contribution is 7.51. The normalized spacial score (nSPS) is 21.7. The number of hydrogen-bond donors (Lipinski definition) is 5. The number of nitrogens with zero attached hydrogens (tertiary/aromatic N) is 2. The molecule has 0 saturated carbocycles. The first-order valence-electron chi connectivity index (χ1n) is 5.27. The van der Waals surface area contributed by atoms with Gasteiger partial charge in [-0.05, 0) is 6.92 Å². The molecule has 7 N–H and O–H groups in total. The Balaban J connectivity index is 2.41. The summed E-state index contributed by atoms with van der Waals surface area (Å²) in [6.07, 6.45) is -0.801. The van der Waals surface area contributed by atoms with E-state index in [1.165, 1.54) is 6.08 Å². The zero-order valence-corrected chi connectivity index (χ0v) is 11.1. The lowest BCUT2D eigenvalue weighted by molar-refractivity contribution is -0.0441. The number of rotatable bonds is 6. The third-order valence-corrected chi connectivity index (χ3v) is 2.53. The van der Waals surface area contributed by atoms with Crippen molar-refractivity contribution in [1.29, 1.82) is 0 Å². The number of hydrogen-bond acceptors (Lipinski definition) is 8. The molecular weight excluding hydrogens is 279 g/mol. The Hall–Kier alpha value is -1.16. The molecule has 0 bridgehead atoms. The molecule has 0 radical (unpaired) electrons. The first kappa shape index (κ1) is 15.9. The molecule has 0 amide bonds. The van der Waals surface area contributed by atoms with Gasteiger partial charge in [-0.15, -0.1) is 0 Å². The molecule has 0 fully saturated rings. The van der Waals surface area contributed by atoms with Crippen LogP contribution in [0.2, 0.25) is 0 Å². The first-order chi connectivity index (χ1) is 8.69. The Labute approximate surface area is 109 Å². The van der Waals surface area contributed by atoms with Gasteiger partial charge in [0.2, 0.25) is 11.8 Å². The average Bonchev–Trinajstić information content (AvgIpc) is 2.29.